The van der Waals surface area contributed by atoms with Gasteiger partial charge in [0, 0.05) is 12.4 Å². The molecule has 0 saturated heterocycles. The van der Waals surface area contributed by atoms with Crippen molar-refractivity contribution in [2.75, 3.05) is 11.1 Å². The Morgan fingerprint density at radius 1 is 1.69 bits per heavy atom. The minimum Gasteiger partial charge on any atom is -0.311 e. The van der Waals surface area contributed by atoms with Gasteiger partial charge in [-0.15, -0.1) is 11.8 Å². The van der Waals surface area contributed by atoms with E-state index in [4.69, 9.17) is 0 Å². The Labute approximate surface area is 105 Å². The fraction of sp³-hybridized carbons (Fsp3) is 0.222. The Balaban J connectivity index is 2.61. The third kappa shape index (κ3) is 2.05. The van der Waals surface area contributed by atoms with Crippen molar-refractivity contribution >= 4 is 45.7 Å². The van der Waals surface area contributed by atoms with Crippen LogP contribution in [-0.2, 0) is 4.79 Å². The Morgan fingerprint density at radius 3 is 3.19 bits per heavy atom. The van der Waals surface area contributed by atoms with Gasteiger partial charge in [-0.25, -0.2) is 4.98 Å². The molecule has 84 valence electrons. The second kappa shape index (κ2) is 4.84. The van der Waals surface area contributed by atoms with Gasteiger partial charge in [0.05, 0.1) is 4.47 Å². The van der Waals surface area contributed by atoms with Gasteiger partial charge in [0.2, 0.25) is 12.2 Å². The maximum atomic E-state index is 10.5. The summed E-state index contributed by atoms with van der Waals surface area (Å²) in [7, 11) is 0. The van der Waals surface area contributed by atoms with E-state index >= 15 is 0 Å². The summed E-state index contributed by atoms with van der Waals surface area (Å²) in [6, 6.07) is 0. The van der Waals surface area contributed by atoms with Crippen LogP contribution in [0.2, 0.25) is 0 Å². The topological polar surface area (TPSA) is 59.3 Å². The van der Waals surface area contributed by atoms with Gasteiger partial charge < -0.3 is 5.32 Å². The number of nitrogens with zero attached hydrogens (tertiary/aromatic N) is 3. The lowest BCUT2D eigenvalue weighted by molar-refractivity contribution is -0.105. The van der Waals surface area contributed by atoms with E-state index in [9.17, 15) is 4.79 Å². The average molecular weight is 301 g/mol. The third-order valence-electron chi connectivity index (χ3n) is 1.88. The molecule has 0 radical (unpaired) electrons. The van der Waals surface area contributed by atoms with E-state index in [0.29, 0.717) is 18.0 Å². The molecule has 0 aliphatic heterocycles. The number of aromatic nitrogens is 3. The SMILES string of the molecule is CCSc1c(NC=O)nc2ncc(Br)cn12. The minimum atomic E-state index is 0.549. The van der Waals surface area contributed by atoms with Crippen LogP contribution in [0.4, 0.5) is 5.82 Å². The molecule has 16 heavy (non-hydrogen) atoms. The summed E-state index contributed by atoms with van der Waals surface area (Å²) >= 11 is 4.96. The van der Waals surface area contributed by atoms with Crippen LogP contribution in [0.25, 0.3) is 5.78 Å². The first kappa shape index (κ1) is 11.4. The van der Waals surface area contributed by atoms with Crippen LogP contribution in [0.5, 0.6) is 0 Å². The molecule has 1 amide bonds. The number of amides is 1. The number of carbonyl (C=O) groups is 1. The van der Waals surface area contributed by atoms with Gasteiger partial charge >= 0.3 is 0 Å². The largest absolute Gasteiger partial charge is 0.311 e. The maximum absolute atomic E-state index is 10.5. The van der Waals surface area contributed by atoms with Gasteiger partial charge in [0.25, 0.3) is 0 Å². The predicted molar refractivity (Wildman–Crippen MR) is 66.8 cm³/mol. The summed E-state index contributed by atoms with van der Waals surface area (Å²) in [4.78, 5) is 18.9. The highest BCUT2D eigenvalue weighted by Gasteiger charge is 2.12. The van der Waals surface area contributed by atoms with Gasteiger partial charge in [-0.1, -0.05) is 6.92 Å². The molecule has 0 atom stereocenters. The summed E-state index contributed by atoms with van der Waals surface area (Å²) in [6.45, 7) is 2.04. The van der Waals surface area contributed by atoms with Crippen molar-refractivity contribution < 1.29 is 4.79 Å². The number of hydrogen-bond donors (Lipinski definition) is 1. The van der Waals surface area contributed by atoms with Crippen molar-refractivity contribution in [2.45, 2.75) is 11.9 Å². The summed E-state index contributed by atoms with van der Waals surface area (Å²) in [6.07, 6.45) is 4.17. The van der Waals surface area contributed by atoms with Crippen LogP contribution >= 0.6 is 27.7 Å². The summed E-state index contributed by atoms with van der Waals surface area (Å²) in [5, 5.41) is 3.47. The quantitative estimate of drug-likeness (QED) is 0.694. The van der Waals surface area contributed by atoms with Crippen molar-refractivity contribution in [3.8, 4) is 0 Å². The number of rotatable bonds is 4. The smallest absolute Gasteiger partial charge is 0.236 e. The lowest BCUT2D eigenvalue weighted by atomic mass is 10.6. The zero-order valence-electron chi connectivity index (χ0n) is 8.48. The van der Waals surface area contributed by atoms with Crippen molar-refractivity contribution in [1.82, 2.24) is 14.4 Å². The number of anilines is 1. The monoisotopic (exact) mass is 300 g/mol. The Bertz CT molecular complexity index is 527. The Hall–Kier alpha value is -1.08. The number of imidazole rings is 1. The Morgan fingerprint density at radius 2 is 2.50 bits per heavy atom. The molecule has 2 heterocycles. The fourth-order valence-corrected chi connectivity index (χ4v) is 2.41. The highest BCUT2D eigenvalue weighted by Crippen LogP contribution is 2.27. The van der Waals surface area contributed by atoms with Crippen molar-refractivity contribution in [3.05, 3.63) is 16.9 Å². The lowest BCUT2D eigenvalue weighted by Gasteiger charge is -2.01. The van der Waals surface area contributed by atoms with E-state index < -0.39 is 0 Å². The zero-order valence-corrected chi connectivity index (χ0v) is 10.9. The van der Waals surface area contributed by atoms with E-state index in [1.54, 1.807) is 18.0 Å². The first-order chi connectivity index (χ1) is 7.76. The van der Waals surface area contributed by atoms with Crippen molar-refractivity contribution in [2.24, 2.45) is 0 Å². The van der Waals surface area contributed by atoms with E-state index in [1.165, 1.54) is 0 Å². The number of fused-ring (bicyclic) bond motifs is 1. The average Bonchev–Trinajstić information content (AvgIpc) is 2.58. The maximum Gasteiger partial charge on any atom is 0.236 e. The van der Waals surface area contributed by atoms with Crippen LogP contribution in [-0.4, -0.2) is 26.5 Å². The molecule has 0 saturated carbocycles. The van der Waals surface area contributed by atoms with Crippen LogP contribution in [0.3, 0.4) is 0 Å². The molecular weight excluding hydrogens is 292 g/mol. The lowest BCUT2D eigenvalue weighted by Crippen LogP contribution is -1.96. The van der Waals surface area contributed by atoms with Gasteiger partial charge in [-0.2, -0.15) is 4.98 Å². The fourth-order valence-electron chi connectivity index (χ4n) is 1.31. The van der Waals surface area contributed by atoms with E-state index in [-0.39, 0.29) is 0 Å². The van der Waals surface area contributed by atoms with Crippen LogP contribution in [0.1, 0.15) is 6.92 Å². The molecule has 2 aromatic rings. The number of nitrogens with one attached hydrogen (secondary N) is 1. The third-order valence-corrected chi connectivity index (χ3v) is 3.24. The van der Waals surface area contributed by atoms with E-state index in [2.05, 4.69) is 31.2 Å². The molecule has 2 aromatic heterocycles. The first-order valence-corrected chi connectivity index (χ1v) is 6.40. The number of thioether (sulfide) groups is 1. The van der Waals surface area contributed by atoms with E-state index in [1.807, 2.05) is 17.5 Å². The second-order valence-electron chi connectivity index (χ2n) is 2.90. The normalized spacial score (nSPS) is 10.6. The second-order valence-corrected chi connectivity index (χ2v) is 5.07. The summed E-state index contributed by atoms with van der Waals surface area (Å²) < 4.78 is 2.72. The molecule has 0 aliphatic rings. The van der Waals surface area contributed by atoms with Gasteiger partial charge in [0.1, 0.15) is 5.03 Å². The minimum absolute atomic E-state index is 0.549. The number of halogens is 1. The molecule has 0 aromatic carbocycles. The molecule has 0 fully saturated rings. The van der Waals surface area contributed by atoms with Crippen LogP contribution in [0, 0.1) is 0 Å². The zero-order chi connectivity index (χ0) is 11.5. The van der Waals surface area contributed by atoms with Gasteiger partial charge in [0.15, 0.2) is 5.82 Å². The standard InChI is InChI=1S/C9H9BrN4OS/c1-2-16-8-7(12-5-15)13-9-11-3-6(10)4-14(8)9/h3-5H,2H2,1H3,(H,12,15). The number of hydrogen-bond acceptors (Lipinski definition) is 4. The van der Waals surface area contributed by atoms with Crippen LogP contribution < -0.4 is 5.32 Å². The van der Waals surface area contributed by atoms with Crippen molar-refractivity contribution in [1.29, 1.82) is 0 Å². The highest BCUT2D eigenvalue weighted by molar-refractivity contribution is 9.10. The molecule has 0 aliphatic carbocycles. The molecule has 7 heteroatoms. The summed E-state index contributed by atoms with van der Waals surface area (Å²) in [5.41, 5.74) is 0. The molecule has 0 spiro atoms. The molecule has 1 N–H and O–H groups in total. The van der Waals surface area contributed by atoms with Gasteiger partial charge in [-0.05, 0) is 21.7 Å². The molecule has 5 nitrogen and oxygen atoms in total. The molecule has 2 rings (SSSR count). The van der Waals surface area contributed by atoms with Gasteiger partial charge in [-0.3, -0.25) is 9.20 Å². The number of carbonyl (C=O) groups excluding carboxylic acids is 1. The Kier molecular flexibility index (Phi) is 3.45. The van der Waals surface area contributed by atoms with Crippen LogP contribution in [0.15, 0.2) is 21.9 Å². The van der Waals surface area contributed by atoms with Crippen molar-refractivity contribution in [3.63, 3.8) is 0 Å². The van der Waals surface area contributed by atoms with E-state index in [0.717, 1.165) is 15.3 Å². The summed E-state index contributed by atoms with van der Waals surface area (Å²) in [5.74, 6) is 2.02. The predicted octanol–water partition coefficient (Wildman–Crippen LogP) is 2.17. The highest BCUT2D eigenvalue weighted by atomic mass is 79.9. The molecule has 0 bridgehead atoms. The molecular formula is C9H9BrN4OS. The molecule has 0 unspecified atom stereocenters. The first-order valence-electron chi connectivity index (χ1n) is 4.63.